The SMILES string of the molecule is O=C(Nc1cccc(-c2ccco2)c1)C1CCN(C(=O)Cc2cccnc2)CC1. The molecule has 3 heterocycles. The monoisotopic (exact) mass is 389 g/mol. The fraction of sp³-hybridized carbons (Fsp3) is 0.261. The molecule has 0 bridgehead atoms. The minimum atomic E-state index is -0.0929. The van der Waals surface area contributed by atoms with Gasteiger partial charge in [-0.05, 0) is 48.7 Å². The number of rotatable bonds is 5. The number of pyridine rings is 1. The first-order valence-electron chi connectivity index (χ1n) is 9.80. The van der Waals surface area contributed by atoms with Gasteiger partial charge in [-0.3, -0.25) is 14.6 Å². The number of amides is 2. The lowest BCUT2D eigenvalue weighted by molar-refractivity contribution is -0.133. The molecule has 0 saturated carbocycles. The van der Waals surface area contributed by atoms with Crippen LogP contribution in [0.2, 0.25) is 0 Å². The molecule has 0 spiro atoms. The Morgan fingerprint density at radius 2 is 1.97 bits per heavy atom. The van der Waals surface area contributed by atoms with E-state index in [9.17, 15) is 9.59 Å². The van der Waals surface area contributed by atoms with Gasteiger partial charge in [-0.15, -0.1) is 0 Å². The first-order valence-corrected chi connectivity index (χ1v) is 9.80. The molecule has 1 aliphatic rings. The first kappa shape index (κ1) is 18.9. The van der Waals surface area contributed by atoms with Gasteiger partial charge in [-0.25, -0.2) is 0 Å². The van der Waals surface area contributed by atoms with Crippen molar-refractivity contribution >= 4 is 17.5 Å². The number of likely N-dealkylation sites (tertiary alicyclic amines) is 1. The molecule has 2 aromatic heterocycles. The highest BCUT2D eigenvalue weighted by molar-refractivity contribution is 5.93. The predicted molar refractivity (Wildman–Crippen MR) is 110 cm³/mol. The highest BCUT2D eigenvalue weighted by Gasteiger charge is 2.27. The molecule has 0 aliphatic carbocycles. The van der Waals surface area contributed by atoms with Gasteiger partial charge in [0.25, 0.3) is 0 Å². The maximum atomic E-state index is 12.7. The number of furan rings is 1. The van der Waals surface area contributed by atoms with Crippen molar-refractivity contribution in [2.45, 2.75) is 19.3 Å². The van der Waals surface area contributed by atoms with Gasteiger partial charge in [0.05, 0.1) is 12.7 Å². The predicted octanol–water partition coefficient (Wildman–Crippen LogP) is 3.76. The number of aromatic nitrogens is 1. The highest BCUT2D eigenvalue weighted by atomic mass is 16.3. The second kappa shape index (κ2) is 8.73. The quantitative estimate of drug-likeness (QED) is 0.721. The van der Waals surface area contributed by atoms with Gasteiger partial charge < -0.3 is 14.6 Å². The van der Waals surface area contributed by atoms with Gasteiger partial charge in [0.1, 0.15) is 5.76 Å². The summed E-state index contributed by atoms with van der Waals surface area (Å²) in [6.45, 7) is 1.20. The molecule has 0 unspecified atom stereocenters. The van der Waals surface area contributed by atoms with Gasteiger partial charge in [-0.1, -0.05) is 18.2 Å². The Morgan fingerprint density at radius 1 is 1.10 bits per heavy atom. The molecule has 0 atom stereocenters. The largest absolute Gasteiger partial charge is 0.464 e. The second-order valence-corrected chi connectivity index (χ2v) is 7.24. The third-order valence-electron chi connectivity index (χ3n) is 5.23. The number of carbonyl (C=O) groups excluding carboxylic acids is 2. The Hall–Kier alpha value is -3.41. The van der Waals surface area contributed by atoms with E-state index in [2.05, 4.69) is 10.3 Å². The van der Waals surface area contributed by atoms with Crippen molar-refractivity contribution in [3.63, 3.8) is 0 Å². The van der Waals surface area contributed by atoms with E-state index in [-0.39, 0.29) is 17.7 Å². The van der Waals surface area contributed by atoms with Gasteiger partial charge in [-0.2, -0.15) is 0 Å². The van der Waals surface area contributed by atoms with Crippen LogP contribution < -0.4 is 5.32 Å². The maximum Gasteiger partial charge on any atom is 0.227 e. The number of anilines is 1. The zero-order valence-corrected chi connectivity index (χ0v) is 16.1. The molecule has 1 aromatic carbocycles. The summed E-state index contributed by atoms with van der Waals surface area (Å²) in [6.07, 6.45) is 6.73. The smallest absolute Gasteiger partial charge is 0.227 e. The van der Waals surface area contributed by atoms with Gasteiger partial charge in [0, 0.05) is 42.7 Å². The van der Waals surface area contributed by atoms with E-state index in [0.29, 0.717) is 32.4 Å². The molecule has 4 rings (SSSR count). The molecule has 148 valence electrons. The standard InChI is InChI=1S/C23H23N3O3/c27-22(14-17-4-2-10-24-16-17)26-11-8-18(9-12-26)23(28)25-20-6-1-5-19(15-20)21-7-3-13-29-21/h1-7,10,13,15-16,18H,8-9,11-12,14H2,(H,25,28). The molecule has 1 fully saturated rings. The van der Waals surface area contributed by atoms with Crippen LogP contribution in [0.4, 0.5) is 5.69 Å². The number of benzene rings is 1. The van der Waals surface area contributed by atoms with Crippen LogP contribution in [0.5, 0.6) is 0 Å². The normalized spacial score (nSPS) is 14.6. The van der Waals surface area contributed by atoms with Crippen LogP contribution in [0.1, 0.15) is 18.4 Å². The van der Waals surface area contributed by atoms with Crippen molar-refractivity contribution in [2.75, 3.05) is 18.4 Å². The number of carbonyl (C=O) groups is 2. The fourth-order valence-electron chi connectivity index (χ4n) is 3.62. The molecule has 3 aromatic rings. The Kier molecular flexibility index (Phi) is 5.70. The lowest BCUT2D eigenvalue weighted by Crippen LogP contribution is -2.42. The van der Waals surface area contributed by atoms with Crippen molar-refractivity contribution in [3.8, 4) is 11.3 Å². The second-order valence-electron chi connectivity index (χ2n) is 7.24. The van der Waals surface area contributed by atoms with Crippen molar-refractivity contribution < 1.29 is 14.0 Å². The minimum absolute atomic E-state index is 0.000883. The number of nitrogens with zero attached hydrogens (tertiary/aromatic N) is 2. The number of hydrogen-bond donors (Lipinski definition) is 1. The number of nitrogens with one attached hydrogen (secondary N) is 1. The van der Waals surface area contributed by atoms with E-state index >= 15 is 0 Å². The summed E-state index contributed by atoms with van der Waals surface area (Å²) in [4.78, 5) is 31.1. The van der Waals surface area contributed by atoms with Crippen LogP contribution >= 0.6 is 0 Å². The molecule has 6 heteroatoms. The molecule has 1 N–H and O–H groups in total. The van der Waals surface area contributed by atoms with Crippen molar-refractivity contribution in [1.29, 1.82) is 0 Å². The number of piperidine rings is 1. The zero-order valence-electron chi connectivity index (χ0n) is 16.1. The zero-order chi connectivity index (χ0) is 20.1. The van der Waals surface area contributed by atoms with Gasteiger partial charge >= 0.3 is 0 Å². The summed E-state index contributed by atoms with van der Waals surface area (Å²) in [5, 5.41) is 3.01. The molecule has 1 saturated heterocycles. The lowest BCUT2D eigenvalue weighted by Gasteiger charge is -2.31. The molecule has 2 amide bonds. The molecule has 1 aliphatic heterocycles. The molecule has 0 radical (unpaired) electrons. The third-order valence-corrected chi connectivity index (χ3v) is 5.23. The topological polar surface area (TPSA) is 75.4 Å². The molecular formula is C23H23N3O3. The number of hydrogen-bond acceptors (Lipinski definition) is 4. The van der Waals surface area contributed by atoms with Gasteiger partial charge in [0.15, 0.2) is 0 Å². The van der Waals surface area contributed by atoms with E-state index in [1.807, 2.05) is 53.4 Å². The Balaban J connectivity index is 1.30. The summed E-state index contributed by atoms with van der Waals surface area (Å²) in [5.41, 5.74) is 2.58. The van der Waals surface area contributed by atoms with Crippen molar-refractivity contribution in [2.24, 2.45) is 5.92 Å². The van der Waals surface area contributed by atoms with Crippen molar-refractivity contribution in [3.05, 3.63) is 72.8 Å². The average molecular weight is 389 g/mol. The highest BCUT2D eigenvalue weighted by Crippen LogP contribution is 2.25. The van der Waals surface area contributed by atoms with E-state index in [0.717, 1.165) is 22.6 Å². The van der Waals surface area contributed by atoms with Crippen LogP contribution in [0.15, 0.2) is 71.6 Å². The van der Waals surface area contributed by atoms with Gasteiger partial charge in [0.2, 0.25) is 11.8 Å². The fourth-order valence-corrected chi connectivity index (χ4v) is 3.62. The summed E-state index contributed by atoms with van der Waals surface area (Å²) >= 11 is 0. The molecule has 29 heavy (non-hydrogen) atoms. The Morgan fingerprint density at radius 3 is 2.69 bits per heavy atom. The third kappa shape index (κ3) is 4.71. The van der Waals surface area contributed by atoms with Crippen LogP contribution in [0.3, 0.4) is 0 Å². The summed E-state index contributed by atoms with van der Waals surface area (Å²) < 4.78 is 5.42. The van der Waals surface area contributed by atoms with E-state index in [4.69, 9.17) is 4.42 Å². The van der Waals surface area contributed by atoms with Crippen LogP contribution in [-0.4, -0.2) is 34.8 Å². The van der Waals surface area contributed by atoms with E-state index in [1.54, 1.807) is 18.7 Å². The van der Waals surface area contributed by atoms with Crippen molar-refractivity contribution in [1.82, 2.24) is 9.88 Å². The van der Waals surface area contributed by atoms with Crippen LogP contribution in [-0.2, 0) is 16.0 Å². The van der Waals surface area contributed by atoms with E-state index in [1.165, 1.54) is 0 Å². The Labute approximate surface area is 169 Å². The maximum absolute atomic E-state index is 12.7. The first-order chi connectivity index (χ1) is 14.2. The Bertz CT molecular complexity index is 962. The summed E-state index contributed by atoms with van der Waals surface area (Å²) in [7, 11) is 0. The summed E-state index contributed by atoms with van der Waals surface area (Å²) in [5.74, 6) is 0.759. The van der Waals surface area contributed by atoms with Crippen LogP contribution in [0, 0.1) is 5.92 Å². The molecular weight excluding hydrogens is 366 g/mol. The lowest BCUT2D eigenvalue weighted by atomic mass is 9.95. The van der Waals surface area contributed by atoms with Crippen LogP contribution in [0.25, 0.3) is 11.3 Å². The minimum Gasteiger partial charge on any atom is -0.464 e. The molecule has 6 nitrogen and oxygen atoms in total. The average Bonchev–Trinajstić information content (AvgIpc) is 3.30. The van der Waals surface area contributed by atoms with E-state index < -0.39 is 0 Å². The summed E-state index contributed by atoms with van der Waals surface area (Å²) in [6, 6.07) is 15.1.